The maximum Gasteiger partial charge on any atom is 0.460 e. The van der Waals surface area contributed by atoms with Crippen LogP contribution in [0, 0.1) is 0 Å². The van der Waals surface area contributed by atoms with Gasteiger partial charge in [-0.05, 0) is 35.7 Å². The van der Waals surface area contributed by atoms with Crippen molar-refractivity contribution in [2.75, 3.05) is 6.61 Å². The summed E-state index contributed by atoms with van der Waals surface area (Å²) in [4.78, 5) is 31.5. The van der Waals surface area contributed by atoms with Crippen LogP contribution in [0.2, 0.25) is 0 Å². The number of benzene rings is 3. The van der Waals surface area contributed by atoms with Crippen LogP contribution >= 0.6 is 0 Å². The van der Waals surface area contributed by atoms with E-state index in [0.717, 1.165) is 22.3 Å². The first kappa shape index (κ1) is 27.9. The molecule has 0 amide bonds. The molecule has 9 nitrogen and oxygen atoms in total. The van der Waals surface area contributed by atoms with Crippen molar-refractivity contribution in [3.05, 3.63) is 88.4 Å². The van der Waals surface area contributed by atoms with Gasteiger partial charge in [0.2, 0.25) is 0 Å². The largest absolute Gasteiger partial charge is 0.478 e. The van der Waals surface area contributed by atoms with Gasteiger partial charge < -0.3 is 14.4 Å². The Balaban J connectivity index is 0.00000180. The van der Waals surface area contributed by atoms with Gasteiger partial charge in [0.05, 0.1) is 29.7 Å². The second-order valence-corrected chi connectivity index (χ2v) is 7.56. The summed E-state index contributed by atoms with van der Waals surface area (Å²) in [6.45, 7) is 2.65. The average molecular weight is 502 g/mol. The summed E-state index contributed by atoms with van der Waals surface area (Å²) in [7, 11) is 0. The third-order valence-electron chi connectivity index (χ3n) is 5.46. The predicted molar refractivity (Wildman–Crippen MR) is 136 cm³/mol. The molecule has 2 aromatic heterocycles. The molecule has 11 heteroatoms. The van der Waals surface area contributed by atoms with Crippen LogP contribution in [-0.2, 0) is 6.54 Å². The SMILES string of the molecule is CCOc1nc2cccc(C(=O)O)c2n1Cc1ccc(-c2ccccc2-c2nc(=O)o[nH]2)cc1.[Na].[Na]. The van der Waals surface area contributed by atoms with Gasteiger partial charge in [-0.1, -0.05) is 54.6 Å². The maximum atomic E-state index is 11.8. The molecule has 0 fully saturated rings. The van der Waals surface area contributed by atoms with Crippen molar-refractivity contribution in [2.45, 2.75) is 13.5 Å². The Hall–Kier alpha value is -2.66. The van der Waals surface area contributed by atoms with Crippen molar-refractivity contribution in [1.82, 2.24) is 19.7 Å². The second-order valence-electron chi connectivity index (χ2n) is 7.56. The Kier molecular flexibility index (Phi) is 9.35. The zero-order valence-electron chi connectivity index (χ0n) is 20.2. The number of para-hydroxylation sites is 1. The van der Waals surface area contributed by atoms with Gasteiger partial charge >= 0.3 is 11.7 Å². The predicted octanol–water partition coefficient (Wildman–Crippen LogP) is 3.43. The topological polar surface area (TPSA) is 123 Å². The summed E-state index contributed by atoms with van der Waals surface area (Å²) < 4.78 is 12.2. The molecule has 0 bridgehead atoms. The van der Waals surface area contributed by atoms with E-state index in [4.69, 9.17) is 9.26 Å². The first-order valence-electron chi connectivity index (χ1n) is 10.6. The molecule has 0 spiro atoms. The number of hydrogen-bond donors (Lipinski definition) is 2. The molecule has 0 aliphatic heterocycles. The van der Waals surface area contributed by atoms with E-state index >= 15 is 0 Å². The fourth-order valence-electron chi connectivity index (χ4n) is 3.98. The smallest absolute Gasteiger partial charge is 0.460 e. The van der Waals surface area contributed by atoms with E-state index in [-0.39, 0.29) is 64.7 Å². The van der Waals surface area contributed by atoms with E-state index in [1.165, 1.54) is 0 Å². The fourth-order valence-corrected chi connectivity index (χ4v) is 3.98. The summed E-state index contributed by atoms with van der Waals surface area (Å²) in [5.74, 6) is -1.34. The summed E-state index contributed by atoms with van der Waals surface area (Å²) in [6.07, 6.45) is 0. The molecule has 0 saturated carbocycles. The molecule has 2 N–H and O–H groups in total. The van der Waals surface area contributed by atoms with Crippen molar-refractivity contribution in [2.24, 2.45) is 0 Å². The number of imidazole rings is 1. The van der Waals surface area contributed by atoms with E-state index in [1.54, 1.807) is 22.8 Å². The Labute approximate surface area is 250 Å². The van der Waals surface area contributed by atoms with Gasteiger partial charge in [0.25, 0.3) is 6.01 Å². The van der Waals surface area contributed by atoms with Gasteiger partial charge in [0.1, 0.15) is 0 Å². The zero-order chi connectivity index (χ0) is 23.7. The molecule has 2 heterocycles. The number of ether oxygens (including phenoxy) is 1. The Morgan fingerprint density at radius 1 is 1.00 bits per heavy atom. The quantitative estimate of drug-likeness (QED) is 0.327. The Morgan fingerprint density at radius 2 is 1.72 bits per heavy atom. The minimum absolute atomic E-state index is 0. The molecule has 0 saturated heterocycles. The molecule has 0 aliphatic carbocycles. The number of fused-ring (bicyclic) bond motifs is 1. The fraction of sp³-hybridized carbons (Fsp3) is 0.120. The van der Waals surface area contributed by atoms with Gasteiger partial charge in [0.15, 0.2) is 5.82 Å². The summed E-state index contributed by atoms with van der Waals surface area (Å²) in [5.41, 5.74) is 4.74. The van der Waals surface area contributed by atoms with Gasteiger partial charge in [-0.3, -0.25) is 4.57 Å². The van der Waals surface area contributed by atoms with Crippen LogP contribution in [0.25, 0.3) is 33.5 Å². The van der Waals surface area contributed by atoms with E-state index in [2.05, 4.69) is 15.1 Å². The van der Waals surface area contributed by atoms with Crippen molar-refractivity contribution in [1.29, 1.82) is 0 Å². The molecule has 0 aliphatic rings. The normalized spacial score (nSPS) is 10.5. The minimum atomic E-state index is -1.02. The van der Waals surface area contributed by atoms with Crippen molar-refractivity contribution in [3.8, 4) is 28.5 Å². The molecular formula is C25H20N4Na2O5. The van der Waals surface area contributed by atoms with Crippen molar-refractivity contribution in [3.63, 3.8) is 0 Å². The van der Waals surface area contributed by atoms with Crippen molar-refractivity contribution < 1.29 is 19.2 Å². The molecule has 5 aromatic rings. The first-order valence-corrected chi connectivity index (χ1v) is 10.6. The number of aromatic nitrogens is 4. The number of aromatic carboxylic acids is 1. The van der Waals surface area contributed by atoms with E-state index in [0.29, 0.717) is 36.0 Å². The molecule has 5 rings (SSSR count). The number of aromatic amines is 1. The number of H-pyrrole nitrogens is 1. The maximum absolute atomic E-state index is 11.8. The number of nitrogens with one attached hydrogen (secondary N) is 1. The third-order valence-corrected chi connectivity index (χ3v) is 5.46. The second kappa shape index (κ2) is 12.1. The zero-order valence-corrected chi connectivity index (χ0v) is 24.2. The average Bonchev–Trinajstić information content (AvgIpc) is 3.43. The van der Waals surface area contributed by atoms with Crippen LogP contribution in [0.1, 0.15) is 22.8 Å². The molecule has 0 atom stereocenters. The number of carbonyl (C=O) groups is 1. The van der Waals surface area contributed by atoms with Crippen LogP contribution in [0.15, 0.2) is 76.0 Å². The van der Waals surface area contributed by atoms with Gasteiger partial charge in [0, 0.05) is 64.7 Å². The van der Waals surface area contributed by atoms with E-state index < -0.39 is 11.7 Å². The van der Waals surface area contributed by atoms with Gasteiger partial charge in [-0.25, -0.2) is 9.59 Å². The van der Waals surface area contributed by atoms with Crippen LogP contribution < -0.4 is 10.5 Å². The molecule has 36 heavy (non-hydrogen) atoms. The van der Waals surface area contributed by atoms with Crippen LogP contribution in [0.4, 0.5) is 0 Å². The monoisotopic (exact) mass is 502 g/mol. The van der Waals surface area contributed by atoms with E-state index in [9.17, 15) is 14.7 Å². The Morgan fingerprint density at radius 3 is 2.36 bits per heavy atom. The van der Waals surface area contributed by atoms with Gasteiger partial charge in [-0.15, -0.1) is 0 Å². The van der Waals surface area contributed by atoms with E-state index in [1.807, 2.05) is 55.5 Å². The molecule has 172 valence electrons. The number of carboxylic acid groups (broad SMARTS) is 1. The molecule has 0 unspecified atom stereocenters. The van der Waals surface area contributed by atoms with Crippen LogP contribution in [0.5, 0.6) is 6.01 Å². The standard InChI is InChI=1S/C25H20N4O5.2Na/c1-2-33-24-26-20-9-5-8-19(23(30)31)21(20)29(24)14-15-10-12-16(13-11-15)17-6-3-4-7-18(17)22-27-25(32)34-28-22;;/h3-13H,2,14H2,1H3,(H,30,31)(H,27,28,32);;. The summed E-state index contributed by atoms with van der Waals surface area (Å²) in [5, 5.41) is 12.2. The third kappa shape index (κ3) is 5.51. The Bertz CT molecular complexity index is 1560. The summed E-state index contributed by atoms with van der Waals surface area (Å²) in [6, 6.07) is 20.8. The molecule has 3 aromatic carbocycles. The number of carboxylic acids is 1. The van der Waals surface area contributed by atoms with Crippen LogP contribution in [-0.4, -0.2) is 96.5 Å². The number of rotatable bonds is 7. The first-order chi connectivity index (χ1) is 16.5. The van der Waals surface area contributed by atoms with Gasteiger partial charge in [-0.2, -0.15) is 15.1 Å². The molecular weight excluding hydrogens is 482 g/mol. The van der Waals surface area contributed by atoms with Crippen molar-refractivity contribution >= 4 is 76.1 Å². The van der Waals surface area contributed by atoms with Crippen LogP contribution in [0.3, 0.4) is 0 Å². The summed E-state index contributed by atoms with van der Waals surface area (Å²) >= 11 is 0. The molecule has 2 radical (unpaired) electrons. The minimum Gasteiger partial charge on any atom is -0.478 e. The number of nitrogens with zero attached hydrogens (tertiary/aromatic N) is 3. The number of hydrogen-bond acceptors (Lipinski definition) is 6.